The summed E-state index contributed by atoms with van der Waals surface area (Å²) in [4.78, 5) is 12.1. The highest BCUT2D eigenvalue weighted by molar-refractivity contribution is 6.56. The third-order valence-electron chi connectivity index (χ3n) is 2.54. The molecule has 0 unspecified atom stereocenters. The Morgan fingerprint density at radius 3 is 2.78 bits per heavy atom. The molecule has 0 radical (unpaired) electrons. The maximum Gasteiger partial charge on any atom is 0.165 e. The van der Waals surface area contributed by atoms with Gasteiger partial charge < -0.3 is 15.4 Å². The summed E-state index contributed by atoms with van der Waals surface area (Å²) in [6.07, 6.45) is 3.51. The van der Waals surface area contributed by atoms with Crippen molar-refractivity contribution in [1.29, 1.82) is 0 Å². The van der Waals surface area contributed by atoms with Crippen molar-refractivity contribution in [3.63, 3.8) is 0 Å². The van der Waals surface area contributed by atoms with Crippen molar-refractivity contribution in [2.75, 3.05) is 12.3 Å². The van der Waals surface area contributed by atoms with E-state index in [1.165, 1.54) is 6.33 Å². The molecule has 0 fully saturated rings. The Balaban J connectivity index is 2.23. The van der Waals surface area contributed by atoms with Gasteiger partial charge in [-0.3, -0.25) is 0 Å². The second kappa shape index (κ2) is 5.51. The van der Waals surface area contributed by atoms with Gasteiger partial charge in [-0.25, -0.2) is 15.0 Å². The van der Waals surface area contributed by atoms with Gasteiger partial charge in [0.1, 0.15) is 16.3 Å². The first-order valence-electron chi connectivity index (χ1n) is 5.18. The van der Waals surface area contributed by atoms with Gasteiger partial charge in [-0.15, -0.1) is 0 Å². The second-order valence-corrected chi connectivity index (χ2v) is 4.59. The molecule has 6 nitrogen and oxygen atoms in total. The summed E-state index contributed by atoms with van der Waals surface area (Å²) >= 11 is 11.3. The Hall–Kier alpha value is -1.37. The van der Waals surface area contributed by atoms with E-state index in [9.17, 15) is 0 Å². The number of aliphatic hydroxyl groups is 1. The number of aryl methyl sites for hydroxylation is 1. The fourth-order valence-electron chi connectivity index (χ4n) is 1.55. The Bertz CT molecular complexity index is 591. The van der Waals surface area contributed by atoms with Crippen LogP contribution in [-0.4, -0.2) is 31.2 Å². The quantitative estimate of drug-likeness (QED) is 0.889. The molecule has 0 bridgehead atoms. The molecule has 0 spiro atoms. The van der Waals surface area contributed by atoms with Gasteiger partial charge in [0.2, 0.25) is 0 Å². The van der Waals surface area contributed by atoms with Crippen LogP contribution >= 0.6 is 23.2 Å². The summed E-state index contributed by atoms with van der Waals surface area (Å²) in [6, 6.07) is 0. The van der Waals surface area contributed by atoms with E-state index in [0.717, 1.165) is 0 Å². The maximum atomic E-state index is 9.09. The molecule has 0 amide bonds. The molecule has 18 heavy (non-hydrogen) atoms. The zero-order valence-electron chi connectivity index (χ0n) is 9.35. The molecule has 0 aliphatic rings. The molecule has 3 N–H and O–H groups in total. The molecule has 2 heterocycles. The highest BCUT2D eigenvalue weighted by Crippen LogP contribution is 2.19. The Labute approximate surface area is 113 Å². The number of nitrogen functional groups attached to an aromatic ring is 1. The Morgan fingerprint density at radius 2 is 2.11 bits per heavy atom. The van der Waals surface area contributed by atoms with E-state index in [4.69, 9.17) is 34.0 Å². The minimum Gasteiger partial charge on any atom is -0.392 e. The van der Waals surface area contributed by atoms with E-state index in [-0.39, 0.29) is 11.1 Å². The van der Waals surface area contributed by atoms with Crippen LogP contribution in [0.5, 0.6) is 0 Å². The predicted octanol–water partition coefficient (Wildman–Crippen LogP) is 1.48. The first-order valence-corrected chi connectivity index (χ1v) is 5.94. The number of nitrogens with zero attached hydrogens (tertiary/aromatic N) is 4. The average molecular weight is 288 g/mol. The lowest BCUT2D eigenvalue weighted by Gasteiger charge is -2.06. The van der Waals surface area contributed by atoms with Crippen LogP contribution in [0.1, 0.15) is 6.42 Å². The maximum absolute atomic E-state index is 9.09. The van der Waals surface area contributed by atoms with Gasteiger partial charge in [-0.2, -0.15) is 0 Å². The number of rotatable bonds is 4. The molecule has 2 aromatic heterocycles. The number of aromatic nitrogens is 4. The van der Waals surface area contributed by atoms with E-state index in [1.807, 2.05) is 0 Å². The van der Waals surface area contributed by atoms with E-state index < -0.39 is 0 Å². The number of nitrogens with two attached hydrogens (primary N) is 1. The smallest absolute Gasteiger partial charge is 0.165 e. The van der Waals surface area contributed by atoms with Crippen molar-refractivity contribution < 1.29 is 5.11 Å². The molecule has 0 aliphatic heterocycles. The van der Waals surface area contributed by atoms with Crippen molar-refractivity contribution in [3.05, 3.63) is 22.7 Å². The second-order valence-electron chi connectivity index (χ2n) is 3.64. The number of aliphatic hydroxyl groups excluding tert-OH is 1. The highest BCUT2D eigenvalue weighted by atomic mass is 35.5. The Morgan fingerprint density at radius 1 is 1.33 bits per heavy atom. The SMILES string of the molecule is Nc1ncnc2c1ncn2CCC(CO)=C(Cl)Cl. The van der Waals surface area contributed by atoms with E-state index in [2.05, 4.69) is 15.0 Å². The van der Waals surface area contributed by atoms with Crippen molar-refractivity contribution >= 4 is 40.2 Å². The predicted molar refractivity (Wildman–Crippen MR) is 70.2 cm³/mol. The zero-order chi connectivity index (χ0) is 13.1. The highest BCUT2D eigenvalue weighted by Gasteiger charge is 2.09. The van der Waals surface area contributed by atoms with E-state index in [1.54, 1.807) is 10.9 Å². The van der Waals surface area contributed by atoms with Gasteiger partial charge in [0.05, 0.1) is 12.9 Å². The number of hydrogen-bond donors (Lipinski definition) is 2. The van der Waals surface area contributed by atoms with Crippen molar-refractivity contribution in [3.8, 4) is 0 Å². The van der Waals surface area contributed by atoms with Gasteiger partial charge in [0, 0.05) is 6.54 Å². The third kappa shape index (κ3) is 2.55. The van der Waals surface area contributed by atoms with E-state index in [0.29, 0.717) is 35.5 Å². The molecule has 8 heteroatoms. The van der Waals surface area contributed by atoms with E-state index >= 15 is 0 Å². The average Bonchev–Trinajstić information content (AvgIpc) is 2.74. The van der Waals surface area contributed by atoms with Crippen LogP contribution in [0.15, 0.2) is 22.7 Å². The van der Waals surface area contributed by atoms with Crippen LogP contribution in [-0.2, 0) is 6.54 Å². The van der Waals surface area contributed by atoms with Crippen LogP contribution < -0.4 is 5.73 Å². The molecule has 2 aromatic rings. The van der Waals surface area contributed by atoms with Gasteiger partial charge in [-0.1, -0.05) is 23.2 Å². The molecular formula is C10H11Cl2N5O. The molecule has 96 valence electrons. The summed E-state index contributed by atoms with van der Waals surface area (Å²) in [5.41, 5.74) is 7.46. The lowest BCUT2D eigenvalue weighted by atomic mass is 10.2. The van der Waals surface area contributed by atoms with Crippen LogP contribution in [0, 0.1) is 0 Å². The number of imidazole rings is 1. The first-order chi connectivity index (χ1) is 8.63. The summed E-state index contributed by atoms with van der Waals surface area (Å²) in [5.74, 6) is 0.340. The van der Waals surface area contributed by atoms with Gasteiger partial charge in [0.15, 0.2) is 11.5 Å². The van der Waals surface area contributed by atoms with Crippen molar-refractivity contribution in [2.45, 2.75) is 13.0 Å². The topological polar surface area (TPSA) is 89.9 Å². The zero-order valence-corrected chi connectivity index (χ0v) is 10.9. The Kier molecular flexibility index (Phi) is 4.00. The molecule has 2 rings (SSSR count). The fourth-order valence-corrected chi connectivity index (χ4v) is 1.86. The lowest BCUT2D eigenvalue weighted by Crippen LogP contribution is -2.02. The summed E-state index contributed by atoms with van der Waals surface area (Å²) in [6.45, 7) is 0.373. The molecule has 0 saturated carbocycles. The number of anilines is 1. The fraction of sp³-hybridized carbons (Fsp3) is 0.300. The lowest BCUT2D eigenvalue weighted by molar-refractivity contribution is 0.325. The van der Waals surface area contributed by atoms with Gasteiger partial charge in [-0.05, 0) is 12.0 Å². The number of halogens is 2. The molecule has 0 aromatic carbocycles. The van der Waals surface area contributed by atoms with Crippen molar-refractivity contribution in [1.82, 2.24) is 19.5 Å². The summed E-state index contributed by atoms with van der Waals surface area (Å²) in [7, 11) is 0. The van der Waals surface area contributed by atoms with Crippen LogP contribution in [0.25, 0.3) is 11.2 Å². The molecule has 0 atom stereocenters. The van der Waals surface area contributed by atoms with Gasteiger partial charge >= 0.3 is 0 Å². The largest absolute Gasteiger partial charge is 0.392 e. The third-order valence-corrected chi connectivity index (χ3v) is 3.08. The molecular weight excluding hydrogens is 277 g/mol. The van der Waals surface area contributed by atoms with Crippen LogP contribution in [0.4, 0.5) is 5.82 Å². The van der Waals surface area contributed by atoms with Crippen molar-refractivity contribution in [2.24, 2.45) is 0 Å². The first kappa shape index (κ1) is 13.1. The summed E-state index contributed by atoms with van der Waals surface area (Å²) < 4.78 is 1.90. The number of fused-ring (bicyclic) bond motifs is 1. The summed E-state index contributed by atoms with van der Waals surface area (Å²) in [5, 5.41) is 9.09. The molecule has 0 aliphatic carbocycles. The standard InChI is InChI=1S/C10H11Cl2N5O/c11-8(12)6(3-18)1-2-17-5-16-7-9(13)14-4-15-10(7)17/h4-5,18H,1-3H2,(H2,13,14,15). The van der Waals surface area contributed by atoms with Gasteiger partial charge in [0.25, 0.3) is 0 Å². The van der Waals surface area contributed by atoms with Crippen LogP contribution in [0.2, 0.25) is 0 Å². The molecule has 0 saturated heterocycles. The van der Waals surface area contributed by atoms with Crippen LogP contribution in [0.3, 0.4) is 0 Å². The normalized spacial score (nSPS) is 10.8. The number of hydrogen-bond acceptors (Lipinski definition) is 5. The minimum absolute atomic E-state index is 0.0936. The monoisotopic (exact) mass is 287 g/mol. The minimum atomic E-state index is -0.175.